The van der Waals surface area contributed by atoms with Crippen molar-refractivity contribution in [2.45, 2.75) is 38.1 Å². The third kappa shape index (κ3) is 4.01. The summed E-state index contributed by atoms with van der Waals surface area (Å²) in [5.74, 6) is -0.438. The van der Waals surface area contributed by atoms with Gasteiger partial charge in [-0.25, -0.2) is 9.59 Å². The van der Waals surface area contributed by atoms with E-state index in [9.17, 15) is 14.7 Å². The van der Waals surface area contributed by atoms with Crippen molar-refractivity contribution in [1.29, 1.82) is 0 Å². The van der Waals surface area contributed by atoms with Crippen molar-refractivity contribution in [1.82, 2.24) is 10.6 Å². The predicted octanol–water partition coefficient (Wildman–Crippen LogP) is 2.23. The van der Waals surface area contributed by atoms with Crippen LogP contribution in [0.3, 0.4) is 0 Å². The van der Waals surface area contributed by atoms with Crippen LogP contribution in [-0.4, -0.2) is 29.2 Å². The van der Waals surface area contributed by atoms with E-state index in [1.54, 1.807) is 0 Å². The number of urea groups is 1. The standard InChI is InChI=1S/C12H19BrN2O3/c1-8-3-5-12(6-4-8,10(16)17)15-11(18)14-7-9(2)13/h8H,2-7H2,1H3,(H,16,17)(H2,14,15,18). The number of hydrogen-bond donors (Lipinski definition) is 3. The molecule has 0 aliphatic heterocycles. The second-order valence-electron chi connectivity index (χ2n) is 4.89. The van der Waals surface area contributed by atoms with Crippen molar-refractivity contribution in [2.24, 2.45) is 5.92 Å². The van der Waals surface area contributed by atoms with Crippen molar-refractivity contribution in [3.05, 3.63) is 11.1 Å². The molecule has 1 aliphatic rings. The van der Waals surface area contributed by atoms with Crippen LogP contribution in [0.4, 0.5) is 4.79 Å². The third-order valence-corrected chi connectivity index (χ3v) is 3.61. The fraction of sp³-hybridized carbons (Fsp3) is 0.667. The minimum Gasteiger partial charge on any atom is -0.480 e. The quantitative estimate of drug-likeness (QED) is 0.743. The van der Waals surface area contributed by atoms with E-state index in [4.69, 9.17) is 0 Å². The minimum absolute atomic E-state index is 0.276. The normalized spacial score (nSPS) is 27.3. The lowest BCUT2D eigenvalue weighted by Crippen LogP contribution is -2.58. The van der Waals surface area contributed by atoms with Gasteiger partial charge in [0.1, 0.15) is 5.54 Å². The van der Waals surface area contributed by atoms with Gasteiger partial charge in [0, 0.05) is 4.48 Å². The highest BCUT2D eigenvalue weighted by atomic mass is 79.9. The summed E-state index contributed by atoms with van der Waals surface area (Å²) in [4.78, 5) is 23.0. The number of carboxylic acids is 1. The van der Waals surface area contributed by atoms with Gasteiger partial charge in [-0.2, -0.15) is 0 Å². The van der Waals surface area contributed by atoms with Crippen molar-refractivity contribution in [2.75, 3.05) is 6.54 Å². The van der Waals surface area contributed by atoms with Gasteiger partial charge in [-0.3, -0.25) is 0 Å². The van der Waals surface area contributed by atoms with E-state index >= 15 is 0 Å². The largest absolute Gasteiger partial charge is 0.480 e. The topological polar surface area (TPSA) is 78.4 Å². The summed E-state index contributed by atoms with van der Waals surface area (Å²) in [7, 11) is 0. The zero-order chi connectivity index (χ0) is 13.8. The predicted molar refractivity (Wildman–Crippen MR) is 72.6 cm³/mol. The number of nitrogens with one attached hydrogen (secondary N) is 2. The molecule has 0 bridgehead atoms. The molecule has 0 radical (unpaired) electrons. The molecule has 0 aromatic carbocycles. The molecule has 0 saturated heterocycles. The molecule has 1 fully saturated rings. The molecule has 0 unspecified atom stereocenters. The zero-order valence-electron chi connectivity index (χ0n) is 10.5. The smallest absolute Gasteiger partial charge is 0.329 e. The Bertz CT molecular complexity index is 349. The van der Waals surface area contributed by atoms with Gasteiger partial charge < -0.3 is 15.7 Å². The van der Waals surface area contributed by atoms with Crippen LogP contribution in [0.15, 0.2) is 11.1 Å². The highest BCUT2D eigenvalue weighted by Crippen LogP contribution is 2.32. The number of carboxylic acid groups (broad SMARTS) is 1. The van der Waals surface area contributed by atoms with Gasteiger partial charge in [-0.1, -0.05) is 29.4 Å². The average molecular weight is 319 g/mol. The highest BCUT2D eigenvalue weighted by molar-refractivity contribution is 9.11. The molecular formula is C12H19BrN2O3. The molecule has 0 atom stereocenters. The molecule has 0 heterocycles. The Labute approximate surface area is 115 Å². The van der Waals surface area contributed by atoms with E-state index in [0.717, 1.165) is 12.8 Å². The maximum absolute atomic E-state index is 11.7. The Hall–Kier alpha value is -1.04. The average Bonchev–Trinajstić information content (AvgIpc) is 2.29. The SMILES string of the molecule is C=C(Br)CNC(=O)NC1(C(=O)O)CCC(C)CC1. The van der Waals surface area contributed by atoms with Crippen LogP contribution in [-0.2, 0) is 4.79 Å². The molecule has 18 heavy (non-hydrogen) atoms. The van der Waals surface area contributed by atoms with Gasteiger partial charge in [0.05, 0.1) is 6.54 Å². The molecule has 3 N–H and O–H groups in total. The molecule has 102 valence electrons. The van der Waals surface area contributed by atoms with Gasteiger partial charge in [0.2, 0.25) is 0 Å². The lowest BCUT2D eigenvalue weighted by Gasteiger charge is -2.36. The van der Waals surface area contributed by atoms with Crippen LogP contribution in [0.25, 0.3) is 0 Å². The fourth-order valence-corrected chi connectivity index (χ4v) is 2.23. The molecule has 6 heteroatoms. The minimum atomic E-state index is -1.12. The van der Waals surface area contributed by atoms with Crippen LogP contribution < -0.4 is 10.6 Å². The summed E-state index contributed by atoms with van der Waals surface area (Å²) in [6.45, 7) is 5.97. The van der Waals surface area contributed by atoms with Crippen molar-refractivity contribution in [3.8, 4) is 0 Å². The lowest BCUT2D eigenvalue weighted by atomic mass is 9.77. The van der Waals surface area contributed by atoms with Gasteiger partial charge in [-0.05, 0) is 31.6 Å². The Morgan fingerprint density at radius 3 is 2.44 bits per heavy atom. The molecule has 5 nitrogen and oxygen atoms in total. The molecule has 1 rings (SSSR count). The summed E-state index contributed by atoms with van der Waals surface area (Å²) in [6, 6.07) is -0.465. The first-order valence-electron chi connectivity index (χ1n) is 5.98. The van der Waals surface area contributed by atoms with Gasteiger partial charge >= 0.3 is 12.0 Å². The van der Waals surface area contributed by atoms with Gasteiger partial charge in [0.25, 0.3) is 0 Å². The van der Waals surface area contributed by atoms with Crippen LogP contribution in [0, 0.1) is 5.92 Å². The molecule has 0 aromatic heterocycles. The van der Waals surface area contributed by atoms with Crippen LogP contribution in [0.2, 0.25) is 0 Å². The van der Waals surface area contributed by atoms with Crippen LogP contribution >= 0.6 is 15.9 Å². The Balaban J connectivity index is 2.60. The van der Waals surface area contributed by atoms with E-state index in [1.165, 1.54) is 0 Å². The van der Waals surface area contributed by atoms with E-state index in [1.807, 2.05) is 0 Å². The van der Waals surface area contributed by atoms with E-state index < -0.39 is 17.5 Å². The number of carbonyl (C=O) groups excluding carboxylic acids is 1. The zero-order valence-corrected chi connectivity index (χ0v) is 12.0. The molecular weight excluding hydrogens is 300 g/mol. The summed E-state index contributed by atoms with van der Waals surface area (Å²) in [6.07, 6.45) is 2.59. The number of hydrogen-bond acceptors (Lipinski definition) is 2. The van der Waals surface area contributed by atoms with Crippen molar-refractivity contribution < 1.29 is 14.7 Å². The number of amides is 2. The Morgan fingerprint density at radius 1 is 1.44 bits per heavy atom. The third-order valence-electron chi connectivity index (χ3n) is 3.33. The summed E-state index contributed by atoms with van der Waals surface area (Å²) >= 11 is 3.13. The Kier molecular flexibility index (Phi) is 5.19. The lowest BCUT2D eigenvalue weighted by molar-refractivity contribution is -0.146. The number of carbonyl (C=O) groups is 2. The van der Waals surface area contributed by atoms with Gasteiger partial charge in [0.15, 0.2) is 0 Å². The number of rotatable bonds is 4. The number of halogens is 1. The second kappa shape index (κ2) is 6.22. The maximum Gasteiger partial charge on any atom is 0.329 e. The first kappa shape index (κ1) is 15.0. The van der Waals surface area contributed by atoms with E-state index in [-0.39, 0.29) is 6.54 Å². The summed E-state index contributed by atoms with van der Waals surface area (Å²) < 4.78 is 0.638. The first-order valence-corrected chi connectivity index (χ1v) is 6.78. The summed E-state index contributed by atoms with van der Waals surface area (Å²) in [5.41, 5.74) is -1.12. The molecule has 1 aliphatic carbocycles. The monoisotopic (exact) mass is 318 g/mol. The molecule has 0 spiro atoms. The second-order valence-corrected chi connectivity index (χ2v) is 6.02. The number of aliphatic carboxylic acids is 1. The van der Waals surface area contributed by atoms with Crippen molar-refractivity contribution in [3.63, 3.8) is 0 Å². The van der Waals surface area contributed by atoms with E-state index in [2.05, 4.69) is 40.1 Å². The molecule has 1 saturated carbocycles. The van der Waals surface area contributed by atoms with E-state index in [0.29, 0.717) is 23.2 Å². The van der Waals surface area contributed by atoms with Crippen molar-refractivity contribution >= 4 is 27.9 Å². The molecule has 0 aromatic rings. The highest BCUT2D eigenvalue weighted by Gasteiger charge is 2.42. The fourth-order valence-electron chi connectivity index (χ4n) is 2.08. The van der Waals surface area contributed by atoms with Gasteiger partial charge in [-0.15, -0.1) is 0 Å². The maximum atomic E-state index is 11.7. The molecule has 2 amide bonds. The van der Waals surface area contributed by atoms with Crippen LogP contribution in [0.1, 0.15) is 32.6 Å². The summed E-state index contributed by atoms with van der Waals surface area (Å²) in [5, 5.41) is 14.5. The van der Waals surface area contributed by atoms with Crippen LogP contribution in [0.5, 0.6) is 0 Å². The Morgan fingerprint density at radius 2 is 2.00 bits per heavy atom. The first-order chi connectivity index (χ1) is 8.35.